The van der Waals surface area contributed by atoms with Gasteiger partial charge in [0.1, 0.15) is 17.7 Å². The molecule has 0 saturated carbocycles. The number of benzene rings is 2. The number of Topliss-reactive ketones (excluding diaryl/α,β-unsaturated/α-hetero) is 1. The Hall–Kier alpha value is -3.95. The predicted molar refractivity (Wildman–Crippen MR) is 98.6 cm³/mol. The van der Waals surface area contributed by atoms with Crippen LogP contribution in [-0.2, 0) is 4.79 Å². The number of amides is 1. The quantitative estimate of drug-likeness (QED) is 0.568. The molecule has 0 fully saturated rings. The first-order chi connectivity index (χ1) is 14.2. The Morgan fingerprint density at radius 2 is 1.87 bits per heavy atom. The van der Waals surface area contributed by atoms with E-state index < -0.39 is 36.0 Å². The van der Waals surface area contributed by atoms with Gasteiger partial charge in [0, 0.05) is 11.1 Å². The molecule has 1 heterocycles. The lowest BCUT2D eigenvalue weighted by Crippen LogP contribution is -2.30. The average molecular weight is 415 g/mol. The molecule has 1 amide bonds. The van der Waals surface area contributed by atoms with Crippen molar-refractivity contribution in [2.24, 2.45) is 0 Å². The minimum absolute atomic E-state index is 0.119. The number of nitrogens with zero attached hydrogens (tertiary/aromatic N) is 2. The van der Waals surface area contributed by atoms with Crippen LogP contribution >= 0.6 is 0 Å². The summed E-state index contributed by atoms with van der Waals surface area (Å²) in [4.78, 5) is 39.2. The maximum Gasteiger partial charge on any atom is 0.305 e. The fraction of sp³-hybridized carbons (Fsp3) is 0.150. The van der Waals surface area contributed by atoms with Crippen molar-refractivity contribution >= 4 is 17.7 Å². The number of carboxylic acid groups (broad SMARTS) is 1. The minimum atomic E-state index is -1.27. The van der Waals surface area contributed by atoms with Gasteiger partial charge in [-0.1, -0.05) is 17.3 Å². The first-order valence-electron chi connectivity index (χ1n) is 8.67. The molecule has 0 aliphatic rings. The average Bonchev–Trinajstić information content (AvgIpc) is 3.19. The van der Waals surface area contributed by atoms with Crippen molar-refractivity contribution in [2.75, 3.05) is 0 Å². The van der Waals surface area contributed by atoms with Gasteiger partial charge in [-0.25, -0.2) is 8.78 Å². The summed E-state index contributed by atoms with van der Waals surface area (Å²) < 4.78 is 32.3. The molecule has 0 aliphatic heterocycles. The zero-order chi connectivity index (χ0) is 21.8. The zero-order valence-corrected chi connectivity index (χ0v) is 15.6. The van der Waals surface area contributed by atoms with E-state index in [1.165, 1.54) is 31.2 Å². The second kappa shape index (κ2) is 8.60. The van der Waals surface area contributed by atoms with Crippen LogP contribution in [-0.4, -0.2) is 32.9 Å². The van der Waals surface area contributed by atoms with Crippen molar-refractivity contribution in [1.29, 1.82) is 0 Å². The number of rotatable bonds is 7. The van der Waals surface area contributed by atoms with E-state index in [2.05, 4.69) is 15.5 Å². The highest BCUT2D eigenvalue weighted by molar-refractivity contribution is 5.99. The molecule has 0 spiro atoms. The molecule has 1 aromatic heterocycles. The Morgan fingerprint density at radius 3 is 2.57 bits per heavy atom. The molecule has 10 heteroatoms. The normalized spacial score (nSPS) is 11.7. The molecule has 8 nitrogen and oxygen atoms in total. The van der Waals surface area contributed by atoms with Crippen LogP contribution in [0.3, 0.4) is 0 Å². The van der Waals surface area contributed by atoms with Crippen molar-refractivity contribution in [3.05, 3.63) is 71.1 Å². The predicted octanol–water partition coefficient (Wildman–Crippen LogP) is 3.16. The van der Waals surface area contributed by atoms with Crippen molar-refractivity contribution in [3.63, 3.8) is 0 Å². The molecule has 30 heavy (non-hydrogen) atoms. The molecule has 0 radical (unpaired) electrons. The van der Waals surface area contributed by atoms with Crippen LogP contribution in [0.25, 0.3) is 11.4 Å². The highest BCUT2D eigenvalue weighted by Crippen LogP contribution is 2.24. The van der Waals surface area contributed by atoms with Gasteiger partial charge in [0.15, 0.2) is 5.78 Å². The van der Waals surface area contributed by atoms with Crippen molar-refractivity contribution in [3.8, 4) is 11.4 Å². The lowest BCUT2D eigenvalue weighted by molar-refractivity contribution is -0.137. The first kappa shape index (κ1) is 20.8. The van der Waals surface area contributed by atoms with Crippen molar-refractivity contribution in [2.45, 2.75) is 19.4 Å². The molecule has 0 bridgehead atoms. The van der Waals surface area contributed by atoms with E-state index in [1.807, 2.05) is 0 Å². The molecule has 3 rings (SSSR count). The van der Waals surface area contributed by atoms with Gasteiger partial charge in [-0.2, -0.15) is 4.98 Å². The van der Waals surface area contributed by atoms with Gasteiger partial charge < -0.3 is 14.9 Å². The standard InChI is InChI=1S/C20H15F2N3O5/c1-10(26)11-3-2-4-12(7-11)19(29)23-16(9-17(27)28)20-24-18(25-30-20)14-8-13(21)5-6-15(14)22/h2-8,16H,9H2,1H3,(H,23,29)(H,27,28)/t16-/m0/s1. The Morgan fingerprint density at radius 1 is 1.13 bits per heavy atom. The summed E-state index contributed by atoms with van der Waals surface area (Å²) in [6.45, 7) is 1.34. The van der Waals surface area contributed by atoms with Crippen molar-refractivity contribution in [1.82, 2.24) is 15.5 Å². The molecular weight excluding hydrogens is 400 g/mol. The van der Waals surface area contributed by atoms with E-state index in [-0.39, 0.29) is 28.6 Å². The van der Waals surface area contributed by atoms with E-state index in [0.717, 1.165) is 18.2 Å². The van der Waals surface area contributed by atoms with Gasteiger partial charge >= 0.3 is 5.97 Å². The third-order valence-electron chi connectivity index (χ3n) is 4.12. The Kier molecular flexibility index (Phi) is 5.95. The Labute approximate surface area is 168 Å². The van der Waals surface area contributed by atoms with Gasteiger partial charge in [-0.15, -0.1) is 0 Å². The number of hydrogen-bond acceptors (Lipinski definition) is 6. The van der Waals surface area contributed by atoms with Crippen LogP contribution < -0.4 is 5.32 Å². The summed E-state index contributed by atoms with van der Waals surface area (Å²) in [6.07, 6.45) is -0.606. The smallest absolute Gasteiger partial charge is 0.305 e. The SMILES string of the molecule is CC(=O)c1cccc(C(=O)N[C@@H](CC(=O)O)c2nc(-c3cc(F)ccc3F)no2)c1. The summed E-state index contributed by atoms with van der Waals surface area (Å²) >= 11 is 0. The van der Waals surface area contributed by atoms with Crippen LogP contribution in [0.15, 0.2) is 47.0 Å². The van der Waals surface area contributed by atoms with Gasteiger partial charge in [-0.05, 0) is 37.3 Å². The zero-order valence-electron chi connectivity index (χ0n) is 15.6. The summed E-state index contributed by atoms with van der Waals surface area (Å²) in [5.41, 5.74) is 0.146. The van der Waals surface area contributed by atoms with Gasteiger partial charge in [-0.3, -0.25) is 14.4 Å². The number of halogens is 2. The lowest BCUT2D eigenvalue weighted by atomic mass is 10.1. The number of aliphatic carboxylic acids is 1. The number of nitrogens with one attached hydrogen (secondary N) is 1. The van der Waals surface area contributed by atoms with Crippen LogP contribution in [0.4, 0.5) is 8.78 Å². The molecule has 154 valence electrons. The highest BCUT2D eigenvalue weighted by Gasteiger charge is 2.26. The molecule has 3 aromatic rings. The van der Waals surface area contributed by atoms with Gasteiger partial charge in [0.05, 0.1) is 12.0 Å². The maximum absolute atomic E-state index is 13.9. The number of carbonyl (C=O) groups is 3. The number of carboxylic acids is 1. The summed E-state index contributed by atoms with van der Waals surface area (Å²) in [5.74, 6) is -4.32. The van der Waals surface area contributed by atoms with E-state index in [9.17, 15) is 23.2 Å². The third-order valence-corrected chi connectivity index (χ3v) is 4.12. The number of carbonyl (C=O) groups excluding carboxylic acids is 2. The summed E-state index contributed by atoms with van der Waals surface area (Å²) in [6, 6.07) is 7.27. The molecule has 0 aliphatic carbocycles. The highest BCUT2D eigenvalue weighted by atomic mass is 19.1. The van der Waals surface area contributed by atoms with Crippen LogP contribution in [0.1, 0.15) is 46.0 Å². The van der Waals surface area contributed by atoms with E-state index in [0.29, 0.717) is 5.56 Å². The summed E-state index contributed by atoms with van der Waals surface area (Å²) in [5, 5.41) is 15.1. The second-order valence-electron chi connectivity index (χ2n) is 6.34. The van der Waals surface area contributed by atoms with Gasteiger partial charge in [0.2, 0.25) is 11.7 Å². The summed E-state index contributed by atoms with van der Waals surface area (Å²) in [7, 11) is 0. The van der Waals surface area contributed by atoms with Crippen LogP contribution in [0.2, 0.25) is 0 Å². The third kappa shape index (κ3) is 4.72. The largest absolute Gasteiger partial charge is 0.481 e. The number of hydrogen-bond donors (Lipinski definition) is 2. The van der Waals surface area contributed by atoms with Crippen LogP contribution in [0.5, 0.6) is 0 Å². The molecule has 2 N–H and O–H groups in total. The van der Waals surface area contributed by atoms with Crippen LogP contribution in [0, 0.1) is 11.6 Å². The fourth-order valence-electron chi connectivity index (χ4n) is 2.65. The van der Waals surface area contributed by atoms with Gasteiger partial charge in [0.25, 0.3) is 5.91 Å². The fourth-order valence-corrected chi connectivity index (χ4v) is 2.65. The van der Waals surface area contributed by atoms with Crippen molar-refractivity contribution < 1.29 is 32.8 Å². The first-order valence-corrected chi connectivity index (χ1v) is 8.67. The van der Waals surface area contributed by atoms with E-state index in [4.69, 9.17) is 9.63 Å². The monoisotopic (exact) mass is 415 g/mol. The second-order valence-corrected chi connectivity index (χ2v) is 6.34. The molecule has 0 saturated heterocycles. The topological polar surface area (TPSA) is 122 Å². The maximum atomic E-state index is 13.9. The number of aromatic nitrogens is 2. The number of ketones is 1. The molecule has 2 aromatic carbocycles. The van der Waals surface area contributed by atoms with E-state index in [1.54, 1.807) is 0 Å². The molecule has 0 unspecified atom stereocenters. The lowest BCUT2D eigenvalue weighted by Gasteiger charge is -2.13. The molecular formula is C20H15F2N3O5. The molecule has 1 atom stereocenters. The Balaban J connectivity index is 1.88. The Bertz CT molecular complexity index is 1130. The van der Waals surface area contributed by atoms with E-state index >= 15 is 0 Å². The minimum Gasteiger partial charge on any atom is -0.481 e.